The first-order valence-corrected chi connectivity index (χ1v) is 8.90. The third-order valence-corrected chi connectivity index (χ3v) is 5.20. The van der Waals surface area contributed by atoms with Gasteiger partial charge in [-0.15, -0.1) is 0 Å². The molecule has 3 heteroatoms. The van der Waals surface area contributed by atoms with Crippen LogP contribution in [0.1, 0.15) is 50.3 Å². The van der Waals surface area contributed by atoms with Crippen LogP contribution in [-0.2, 0) is 11.0 Å². The molecule has 1 saturated heterocycles. The largest absolute Gasteiger partial charge is 0.362 e. The van der Waals surface area contributed by atoms with Crippen molar-refractivity contribution in [2.24, 2.45) is 0 Å². The molecule has 0 radical (unpaired) electrons. The van der Waals surface area contributed by atoms with Crippen LogP contribution in [0, 0.1) is 5.82 Å². The average molecular weight is 350 g/mol. The number of hydrogen-bond acceptors (Lipinski definition) is 2. The highest BCUT2D eigenvalue weighted by molar-refractivity contribution is 5.43. The van der Waals surface area contributed by atoms with Crippen LogP contribution in [0.25, 0.3) is 0 Å². The van der Waals surface area contributed by atoms with Crippen molar-refractivity contribution in [1.29, 1.82) is 0 Å². The van der Waals surface area contributed by atoms with Crippen LogP contribution in [0.3, 0.4) is 0 Å². The van der Waals surface area contributed by atoms with Crippen molar-refractivity contribution in [3.63, 3.8) is 0 Å². The van der Waals surface area contributed by atoms with E-state index in [1.54, 1.807) is 0 Å². The molecule has 2 aromatic carbocycles. The summed E-state index contributed by atoms with van der Waals surface area (Å²) in [6, 6.07) is 15.3. The molecule has 0 amide bonds. The zero-order chi connectivity index (χ0) is 19.1. The highest BCUT2D eigenvalue weighted by atomic mass is 19.1. The zero-order valence-electron chi connectivity index (χ0n) is 16.0. The smallest absolute Gasteiger partial charge is 0.123 e. The first-order chi connectivity index (χ1) is 12.1. The lowest BCUT2D eigenvalue weighted by molar-refractivity contribution is 0.308. The van der Waals surface area contributed by atoms with Crippen LogP contribution in [-0.4, -0.2) is 0 Å². The van der Waals surface area contributed by atoms with Gasteiger partial charge in [-0.2, -0.15) is 0 Å². The number of halogens is 1. The van der Waals surface area contributed by atoms with Gasteiger partial charge in [0, 0.05) is 5.70 Å². The Hall–Kier alpha value is -2.55. The molecule has 0 aliphatic carbocycles. The molecular weight excluding hydrogens is 323 g/mol. The highest BCUT2D eigenvalue weighted by Gasteiger charge is 2.42. The van der Waals surface area contributed by atoms with Gasteiger partial charge in [0.2, 0.25) is 0 Å². The molecule has 26 heavy (non-hydrogen) atoms. The first-order valence-electron chi connectivity index (χ1n) is 8.90. The molecule has 2 N–H and O–H groups in total. The van der Waals surface area contributed by atoms with Crippen molar-refractivity contribution >= 4 is 0 Å². The molecule has 1 aliphatic heterocycles. The summed E-state index contributed by atoms with van der Waals surface area (Å²) >= 11 is 0. The summed E-state index contributed by atoms with van der Waals surface area (Å²) in [4.78, 5) is 0. The van der Waals surface area contributed by atoms with Gasteiger partial charge in [-0.25, -0.2) is 4.39 Å². The van der Waals surface area contributed by atoms with Crippen molar-refractivity contribution in [2.45, 2.75) is 44.6 Å². The molecule has 136 valence electrons. The second-order valence-corrected chi connectivity index (χ2v) is 8.27. The van der Waals surface area contributed by atoms with E-state index >= 15 is 0 Å². The Kier molecular flexibility index (Phi) is 4.43. The molecule has 1 aliphatic rings. The van der Waals surface area contributed by atoms with E-state index in [1.165, 1.54) is 17.7 Å². The van der Waals surface area contributed by atoms with Gasteiger partial charge in [0.1, 0.15) is 5.82 Å². The van der Waals surface area contributed by atoms with Gasteiger partial charge in [-0.3, -0.25) is 0 Å². The quantitative estimate of drug-likeness (QED) is 0.768. The number of hydrogen-bond donors (Lipinski definition) is 2. The molecule has 2 atom stereocenters. The molecule has 0 unspecified atom stereocenters. The Labute approximate surface area is 155 Å². The minimum atomic E-state index is -0.476. The summed E-state index contributed by atoms with van der Waals surface area (Å²) in [6.45, 7) is 17.0. The fraction of sp³-hybridized carbons (Fsp3) is 0.304. The van der Waals surface area contributed by atoms with Gasteiger partial charge in [0.15, 0.2) is 0 Å². The predicted molar refractivity (Wildman–Crippen MR) is 106 cm³/mol. The fourth-order valence-corrected chi connectivity index (χ4v) is 3.78. The van der Waals surface area contributed by atoms with E-state index in [9.17, 15) is 4.39 Å². The third-order valence-electron chi connectivity index (χ3n) is 5.20. The summed E-state index contributed by atoms with van der Waals surface area (Å²) in [7, 11) is 0. The Morgan fingerprint density at radius 1 is 0.962 bits per heavy atom. The molecule has 1 heterocycles. The maximum Gasteiger partial charge on any atom is 0.123 e. The maximum absolute atomic E-state index is 13.4. The minimum absolute atomic E-state index is 0.0209. The van der Waals surface area contributed by atoms with Crippen LogP contribution in [0.2, 0.25) is 0 Å². The van der Waals surface area contributed by atoms with Crippen LogP contribution >= 0.6 is 0 Å². The fourth-order valence-electron chi connectivity index (χ4n) is 3.78. The van der Waals surface area contributed by atoms with Crippen molar-refractivity contribution in [3.05, 3.63) is 95.7 Å². The Morgan fingerprint density at radius 3 is 2.08 bits per heavy atom. The maximum atomic E-state index is 13.4. The van der Waals surface area contributed by atoms with Gasteiger partial charge >= 0.3 is 0 Å². The topological polar surface area (TPSA) is 24.1 Å². The molecule has 2 aromatic rings. The molecule has 3 rings (SSSR count). The van der Waals surface area contributed by atoms with Gasteiger partial charge in [-0.05, 0) is 41.2 Å². The predicted octanol–water partition coefficient (Wildman–Crippen LogP) is 5.30. The minimum Gasteiger partial charge on any atom is -0.362 e. The van der Waals surface area contributed by atoms with Crippen LogP contribution in [0.4, 0.5) is 4.39 Å². The van der Waals surface area contributed by atoms with Crippen molar-refractivity contribution < 1.29 is 4.39 Å². The monoisotopic (exact) mass is 350 g/mol. The average Bonchev–Trinajstić information content (AvgIpc) is 2.54. The standard InChI is InChI=1S/C23H27FN2/c1-15-21(17-7-9-18(10-8-17)22(3,4)5)23(6,26-16(2)25-15)19-11-13-20(24)14-12-19/h7-14,21,25-26H,1-2H2,3-6H3/t21-,23-/m1/s1. The zero-order valence-corrected chi connectivity index (χ0v) is 16.0. The van der Waals surface area contributed by atoms with E-state index in [2.05, 4.69) is 75.8 Å². The Balaban J connectivity index is 2.07. The molecule has 0 spiro atoms. The lowest BCUT2D eigenvalue weighted by Gasteiger charge is -2.46. The molecule has 0 aromatic heterocycles. The van der Waals surface area contributed by atoms with Crippen molar-refractivity contribution in [3.8, 4) is 0 Å². The van der Waals surface area contributed by atoms with Crippen molar-refractivity contribution in [2.75, 3.05) is 0 Å². The normalized spacial score (nSPS) is 23.3. The third kappa shape index (κ3) is 3.26. The van der Waals surface area contributed by atoms with E-state index in [1.807, 2.05) is 12.1 Å². The van der Waals surface area contributed by atoms with Crippen LogP contribution in [0.5, 0.6) is 0 Å². The summed E-state index contributed by atoms with van der Waals surface area (Å²) in [5, 5.41) is 6.70. The van der Waals surface area contributed by atoms with Crippen molar-refractivity contribution in [1.82, 2.24) is 10.6 Å². The SMILES string of the molecule is C=C1NC(=C)[C@H](c2ccc(C(C)(C)C)cc2)[C@@](C)(c2ccc(F)cc2)N1. The Bertz CT molecular complexity index is 828. The van der Waals surface area contributed by atoms with Crippen LogP contribution in [0.15, 0.2) is 73.2 Å². The lowest BCUT2D eigenvalue weighted by atomic mass is 9.72. The molecule has 0 saturated carbocycles. The van der Waals surface area contributed by atoms with E-state index < -0.39 is 5.54 Å². The summed E-state index contributed by atoms with van der Waals surface area (Å²) in [5.41, 5.74) is 3.94. The van der Waals surface area contributed by atoms with Crippen LogP contribution < -0.4 is 10.6 Å². The number of rotatable bonds is 2. The van der Waals surface area contributed by atoms with Gasteiger partial charge in [0.05, 0.1) is 17.3 Å². The molecule has 2 nitrogen and oxygen atoms in total. The van der Waals surface area contributed by atoms with Gasteiger partial charge < -0.3 is 10.6 Å². The Morgan fingerprint density at radius 2 is 1.54 bits per heavy atom. The second kappa shape index (κ2) is 6.31. The highest BCUT2D eigenvalue weighted by Crippen LogP contribution is 2.43. The molecular formula is C23H27FN2. The van der Waals surface area contributed by atoms with E-state index in [4.69, 9.17) is 0 Å². The second-order valence-electron chi connectivity index (χ2n) is 8.27. The van der Waals surface area contributed by atoms with Gasteiger partial charge in [0.25, 0.3) is 0 Å². The number of nitrogens with one attached hydrogen (secondary N) is 2. The molecule has 0 bridgehead atoms. The summed E-state index contributed by atoms with van der Waals surface area (Å²) < 4.78 is 13.4. The van der Waals surface area contributed by atoms with E-state index in [0.717, 1.165) is 16.8 Å². The summed E-state index contributed by atoms with van der Waals surface area (Å²) in [6.07, 6.45) is 0. The van der Waals surface area contributed by atoms with Gasteiger partial charge in [-0.1, -0.05) is 70.3 Å². The lowest BCUT2D eigenvalue weighted by Crippen LogP contribution is -2.53. The van der Waals surface area contributed by atoms with E-state index in [0.29, 0.717) is 5.82 Å². The van der Waals surface area contributed by atoms with E-state index in [-0.39, 0.29) is 17.2 Å². The number of benzene rings is 2. The first kappa shape index (κ1) is 18.2. The molecule has 1 fully saturated rings. The summed E-state index contributed by atoms with van der Waals surface area (Å²) in [5.74, 6) is 0.437.